The average Bonchev–Trinajstić information content (AvgIpc) is 2.80. The van der Waals surface area contributed by atoms with Gasteiger partial charge in [0.2, 0.25) is 11.8 Å². The number of rotatable bonds is 10. The van der Waals surface area contributed by atoms with Crippen LogP contribution in [0.3, 0.4) is 0 Å². The van der Waals surface area contributed by atoms with Gasteiger partial charge in [0.25, 0.3) is 5.78 Å². The summed E-state index contributed by atoms with van der Waals surface area (Å²) in [5.41, 5.74) is 1.45. The van der Waals surface area contributed by atoms with Gasteiger partial charge in [-0.2, -0.15) is 13.2 Å². The van der Waals surface area contributed by atoms with Crippen LogP contribution in [-0.2, 0) is 20.8 Å². The topological polar surface area (TPSA) is 75.3 Å². The van der Waals surface area contributed by atoms with Gasteiger partial charge in [-0.05, 0) is 35.6 Å². The zero-order chi connectivity index (χ0) is 26.3. The maximum Gasteiger partial charge on any atom is 0.452 e. The minimum Gasteiger partial charge on any atom is -0.344 e. The van der Waals surface area contributed by atoms with Gasteiger partial charge in [0, 0.05) is 12.3 Å². The standard InChI is InChI=1S/C25H27Cl2F3N2O3/c1-14(2)21(23(34)25(28,29)30)32-24(35)22(15(3)17-7-5-4-6-8-17)31-20(33)12-10-16-9-11-18(26)19(27)13-16/h4-9,11,13-15,21-22H,10,12H2,1-3H3,(H,31,33)(H,32,35)/t15-,21-,22-/m0/s1. The van der Waals surface area contributed by atoms with E-state index in [1.54, 1.807) is 55.5 Å². The number of alkyl halides is 3. The van der Waals surface area contributed by atoms with Gasteiger partial charge < -0.3 is 10.6 Å². The maximum atomic E-state index is 13.1. The number of benzene rings is 2. The molecular formula is C25H27Cl2F3N2O3. The molecule has 0 fully saturated rings. The molecule has 10 heteroatoms. The largest absolute Gasteiger partial charge is 0.452 e. The van der Waals surface area contributed by atoms with Crippen molar-refractivity contribution < 1.29 is 27.6 Å². The van der Waals surface area contributed by atoms with E-state index >= 15 is 0 Å². The normalized spacial score (nSPS) is 14.2. The second kappa shape index (κ2) is 12.4. The highest BCUT2D eigenvalue weighted by molar-refractivity contribution is 6.42. The van der Waals surface area contributed by atoms with Crippen molar-refractivity contribution in [1.29, 1.82) is 0 Å². The van der Waals surface area contributed by atoms with Crippen molar-refractivity contribution in [2.75, 3.05) is 0 Å². The molecule has 2 rings (SSSR count). The third-order valence-electron chi connectivity index (χ3n) is 5.58. The van der Waals surface area contributed by atoms with Crippen molar-refractivity contribution in [1.82, 2.24) is 10.6 Å². The molecule has 190 valence electrons. The average molecular weight is 531 g/mol. The first kappa shape index (κ1) is 28.7. The first-order valence-corrected chi connectivity index (χ1v) is 11.8. The second-order valence-electron chi connectivity index (χ2n) is 8.59. The third kappa shape index (κ3) is 8.25. The highest BCUT2D eigenvalue weighted by Crippen LogP contribution is 2.25. The van der Waals surface area contributed by atoms with Gasteiger partial charge in [0.05, 0.1) is 16.1 Å². The minimum atomic E-state index is -5.11. The molecule has 35 heavy (non-hydrogen) atoms. The molecule has 0 bridgehead atoms. The molecule has 0 saturated carbocycles. The summed E-state index contributed by atoms with van der Waals surface area (Å²) in [5, 5.41) is 5.56. The molecular weight excluding hydrogens is 504 g/mol. The Morgan fingerprint density at radius 2 is 1.51 bits per heavy atom. The third-order valence-corrected chi connectivity index (χ3v) is 6.31. The summed E-state index contributed by atoms with van der Waals surface area (Å²) in [6, 6.07) is 10.7. The predicted molar refractivity (Wildman–Crippen MR) is 129 cm³/mol. The van der Waals surface area contributed by atoms with E-state index in [1.165, 1.54) is 13.8 Å². The van der Waals surface area contributed by atoms with E-state index in [0.29, 0.717) is 22.0 Å². The van der Waals surface area contributed by atoms with Gasteiger partial charge in [-0.15, -0.1) is 0 Å². The van der Waals surface area contributed by atoms with Crippen LogP contribution in [0, 0.1) is 5.92 Å². The van der Waals surface area contributed by atoms with E-state index in [2.05, 4.69) is 10.6 Å². The number of hydrogen-bond acceptors (Lipinski definition) is 3. The van der Waals surface area contributed by atoms with E-state index in [1.807, 2.05) is 0 Å². The van der Waals surface area contributed by atoms with Gasteiger partial charge in [-0.25, -0.2) is 0 Å². The maximum absolute atomic E-state index is 13.1. The van der Waals surface area contributed by atoms with Crippen LogP contribution in [0.2, 0.25) is 10.0 Å². The molecule has 2 N–H and O–H groups in total. The summed E-state index contributed by atoms with van der Waals surface area (Å²) in [6.07, 6.45) is -4.80. The Balaban J connectivity index is 2.22. The molecule has 0 saturated heterocycles. The Bertz CT molecular complexity index is 1050. The molecule has 0 spiro atoms. The number of carbonyl (C=O) groups excluding carboxylic acids is 3. The molecule has 0 aliphatic rings. The molecule has 0 aliphatic carbocycles. The first-order chi connectivity index (χ1) is 16.3. The SMILES string of the molecule is CC(C)[C@H](NC(=O)[C@@H](NC(=O)CCc1ccc(Cl)c(Cl)c1)[C@@H](C)c1ccccc1)C(=O)C(F)(F)F. The first-order valence-electron chi connectivity index (χ1n) is 11.0. The Hall–Kier alpha value is -2.58. The van der Waals surface area contributed by atoms with Crippen molar-refractivity contribution in [3.05, 3.63) is 69.7 Å². The fraction of sp³-hybridized carbons (Fsp3) is 0.400. The molecule has 3 atom stereocenters. The quantitative estimate of drug-likeness (QED) is 0.426. The molecule has 0 heterocycles. The minimum absolute atomic E-state index is 0.00165. The van der Waals surface area contributed by atoms with Crippen LogP contribution in [0.5, 0.6) is 0 Å². The molecule has 0 aliphatic heterocycles. The summed E-state index contributed by atoms with van der Waals surface area (Å²) in [5.74, 6) is -4.80. The molecule has 5 nitrogen and oxygen atoms in total. The molecule has 2 amide bonds. The number of Topliss-reactive ketones (excluding diaryl/α,β-unsaturated/α-hetero) is 1. The van der Waals surface area contributed by atoms with E-state index in [-0.39, 0.29) is 6.42 Å². The molecule has 0 radical (unpaired) electrons. The fourth-order valence-corrected chi connectivity index (χ4v) is 3.84. The summed E-state index contributed by atoms with van der Waals surface area (Å²) >= 11 is 11.9. The van der Waals surface area contributed by atoms with Crippen molar-refractivity contribution >= 4 is 40.8 Å². The lowest BCUT2D eigenvalue weighted by Crippen LogP contribution is -2.56. The Morgan fingerprint density at radius 1 is 0.886 bits per heavy atom. The fourth-order valence-electron chi connectivity index (χ4n) is 3.52. The summed E-state index contributed by atoms with van der Waals surface area (Å²) in [7, 11) is 0. The Morgan fingerprint density at radius 3 is 2.06 bits per heavy atom. The zero-order valence-electron chi connectivity index (χ0n) is 19.5. The van der Waals surface area contributed by atoms with Gasteiger partial charge in [0.1, 0.15) is 6.04 Å². The zero-order valence-corrected chi connectivity index (χ0v) is 21.0. The lowest BCUT2D eigenvalue weighted by atomic mass is 9.91. The highest BCUT2D eigenvalue weighted by Gasteiger charge is 2.45. The van der Waals surface area contributed by atoms with Crippen LogP contribution in [-0.4, -0.2) is 35.9 Å². The second-order valence-corrected chi connectivity index (χ2v) is 9.40. The van der Waals surface area contributed by atoms with Crippen molar-refractivity contribution in [2.24, 2.45) is 5.92 Å². The monoisotopic (exact) mass is 530 g/mol. The number of hydrogen-bond donors (Lipinski definition) is 2. The smallest absolute Gasteiger partial charge is 0.344 e. The van der Waals surface area contributed by atoms with Crippen molar-refractivity contribution in [3.8, 4) is 0 Å². The van der Waals surface area contributed by atoms with Crippen LogP contribution in [0.1, 0.15) is 44.2 Å². The Labute approximate surface area is 212 Å². The van der Waals surface area contributed by atoms with Gasteiger partial charge in [0.15, 0.2) is 0 Å². The summed E-state index contributed by atoms with van der Waals surface area (Å²) in [4.78, 5) is 37.7. The molecule has 2 aromatic carbocycles. The number of nitrogens with one attached hydrogen (secondary N) is 2. The van der Waals surface area contributed by atoms with Gasteiger partial charge in [-0.3, -0.25) is 14.4 Å². The lowest BCUT2D eigenvalue weighted by molar-refractivity contribution is -0.175. The number of carbonyl (C=O) groups is 3. The van der Waals surface area contributed by atoms with Crippen molar-refractivity contribution in [2.45, 2.75) is 57.8 Å². The van der Waals surface area contributed by atoms with Gasteiger partial charge in [-0.1, -0.05) is 80.4 Å². The van der Waals surface area contributed by atoms with E-state index in [9.17, 15) is 27.6 Å². The van der Waals surface area contributed by atoms with Crippen molar-refractivity contribution in [3.63, 3.8) is 0 Å². The molecule has 0 unspecified atom stereocenters. The molecule has 0 aromatic heterocycles. The van der Waals surface area contributed by atoms with E-state index in [0.717, 1.165) is 5.56 Å². The van der Waals surface area contributed by atoms with Crippen LogP contribution in [0.4, 0.5) is 13.2 Å². The van der Waals surface area contributed by atoms with E-state index < -0.39 is 47.7 Å². The van der Waals surface area contributed by atoms with Crippen LogP contribution in [0.25, 0.3) is 0 Å². The van der Waals surface area contributed by atoms with Crippen LogP contribution < -0.4 is 10.6 Å². The van der Waals surface area contributed by atoms with Gasteiger partial charge >= 0.3 is 6.18 Å². The highest BCUT2D eigenvalue weighted by atomic mass is 35.5. The number of ketones is 1. The summed E-state index contributed by atoms with van der Waals surface area (Å²) in [6.45, 7) is 4.48. The Kier molecular flexibility index (Phi) is 10.2. The van der Waals surface area contributed by atoms with E-state index in [4.69, 9.17) is 23.2 Å². The predicted octanol–water partition coefficient (Wildman–Crippen LogP) is 5.49. The molecule has 2 aromatic rings. The lowest BCUT2D eigenvalue weighted by Gasteiger charge is -2.29. The summed E-state index contributed by atoms with van der Waals surface area (Å²) < 4.78 is 39.2. The number of amides is 2. The number of halogens is 5. The van der Waals surface area contributed by atoms with Crippen LogP contribution in [0.15, 0.2) is 48.5 Å². The number of aryl methyl sites for hydroxylation is 1. The van der Waals surface area contributed by atoms with Crippen LogP contribution >= 0.6 is 23.2 Å².